The number of rotatable bonds is 2. The highest BCUT2D eigenvalue weighted by atomic mass is 32.2. The van der Waals surface area contributed by atoms with Gasteiger partial charge in [0.05, 0.1) is 21.8 Å². The van der Waals surface area contributed by atoms with Crippen LogP contribution in [0.3, 0.4) is 0 Å². The van der Waals surface area contributed by atoms with E-state index in [1.807, 2.05) is 27.7 Å². The van der Waals surface area contributed by atoms with Crippen LogP contribution < -0.4 is 4.72 Å². The van der Waals surface area contributed by atoms with Crippen LogP contribution in [0.4, 0.5) is 0 Å². The molecular formula is C11H23NO2S. The van der Waals surface area contributed by atoms with Crippen LogP contribution in [0.5, 0.6) is 0 Å². The summed E-state index contributed by atoms with van der Waals surface area (Å²) in [4.78, 5) is 0. The van der Waals surface area contributed by atoms with Gasteiger partial charge in [-0.3, -0.25) is 0 Å². The van der Waals surface area contributed by atoms with Crippen LogP contribution in [0.1, 0.15) is 47.0 Å². The Morgan fingerprint density at radius 1 is 1.33 bits per heavy atom. The molecule has 0 heterocycles. The maximum Gasteiger partial charge on any atom is 0.0972 e. The van der Waals surface area contributed by atoms with Crippen molar-refractivity contribution in [2.24, 2.45) is 5.92 Å². The third-order valence-corrected chi connectivity index (χ3v) is 4.70. The van der Waals surface area contributed by atoms with Gasteiger partial charge in [-0.25, -0.2) is 8.93 Å². The SMILES string of the molecule is C[C@H]1[C@@H](NS(=O)C(C)(C)C)CCC[C@@H]1O. The lowest BCUT2D eigenvalue weighted by Gasteiger charge is -2.34. The molecule has 3 nitrogen and oxygen atoms in total. The third kappa shape index (κ3) is 3.54. The predicted octanol–water partition coefficient (Wildman–Crippen LogP) is 1.59. The Bertz CT molecular complexity index is 237. The van der Waals surface area contributed by atoms with E-state index in [1.54, 1.807) is 0 Å². The van der Waals surface area contributed by atoms with Crippen LogP contribution in [-0.4, -0.2) is 26.2 Å². The number of aliphatic hydroxyl groups is 1. The topological polar surface area (TPSA) is 49.3 Å². The molecule has 90 valence electrons. The quantitative estimate of drug-likeness (QED) is 0.761. The third-order valence-electron chi connectivity index (χ3n) is 3.07. The largest absolute Gasteiger partial charge is 0.393 e. The average Bonchev–Trinajstić information content (AvgIpc) is 2.11. The van der Waals surface area contributed by atoms with E-state index in [2.05, 4.69) is 4.72 Å². The van der Waals surface area contributed by atoms with Crippen molar-refractivity contribution in [3.05, 3.63) is 0 Å². The van der Waals surface area contributed by atoms with Crippen LogP contribution in [0.25, 0.3) is 0 Å². The lowest BCUT2D eigenvalue weighted by atomic mass is 9.84. The lowest BCUT2D eigenvalue weighted by molar-refractivity contribution is 0.0632. The van der Waals surface area contributed by atoms with Gasteiger partial charge in [0, 0.05) is 6.04 Å². The fourth-order valence-corrected chi connectivity index (χ4v) is 2.78. The molecule has 0 aromatic carbocycles. The number of aliphatic hydroxyl groups excluding tert-OH is 1. The van der Waals surface area contributed by atoms with E-state index in [0.29, 0.717) is 0 Å². The zero-order valence-corrected chi connectivity index (χ0v) is 10.9. The first-order chi connectivity index (χ1) is 6.82. The van der Waals surface area contributed by atoms with Crippen LogP contribution in [0.2, 0.25) is 0 Å². The van der Waals surface area contributed by atoms with Crippen molar-refractivity contribution in [3.8, 4) is 0 Å². The predicted molar refractivity (Wildman–Crippen MR) is 63.8 cm³/mol. The normalized spacial score (nSPS) is 35.1. The second kappa shape index (κ2) is 4.93. The molecule has 0 aromatic rings. The van der Waals surface area contributed by atoms with Gasteiger partial charge < -0.3 is 5.11 Å². The maximum atomic E-state index is 11.9. The van der Waals surface area contributed by atoms with Crippen molar-refractivity contribution in [2.75, 3.05) is 0 Å². The molecule has 4 atom stereocenters. The summed E-state index contributed by atoms with van der Waals surface area (Å²) in [6.07, 6.45) is 2.67. The zero-order chi connectivity index (χ0) is 11.6. The summed E-state index contributed by atoms with van der Waals surface area (Å²) in [5, 5.41) is 9.72. The minimum Gasteiger partial charge on any atom is -0.393 e. The molecule has 0 aliphatic heterocycles. The summed E-state index contributed by atoms with van der Waals surface area (Å²) in [5.74, 6) is 0.199. The Hall–Kier alpha value is 0.0700. The lowest BCUT2D eigenvalue weighted by Crippen LogP contribution is -2.47. The summed E-state index contributed by atoms with van der Waals surface area (Å²) in [6.45, 7) is 7.90. The maximum absolute atomic E-state index is 11.9. The van der Waals surface area contributed by atoms with Gasteiger partial charge in [-0.1, -0.05) is 6.92 Å². The van der Waals surface area contributed by atoms with E-state index in [9.17, 15) is 9.32 Å². The molecular weight excluding hydrogens is 210 g/mol. The van der Waals surface area contributed by atoms with Gasteiger partial charge in [0.15, 0.2) is 0 Å². The molecule has 0 amide bonds. The number of hydrogen-bond acceptors (Lipinski definition) is 2. The van der Waals surface area contributed by atoms with Crippen molar-refractivity contribution < 1.29 is 9.32 Å². The van der Waals surface area contributed by atoms with Crippen molar-refractivity contribution in [1.82, 2.24) is 4.72 Å². The van der Waals surface area contributed by atoms with E-state index < -0.39 is 11.0 Å². The summed E-state index contributed by atoms with van der Waals surface area (Å²) < 4.78 is 14.8. The van der Waals surface area contributed by atoms with E-state index in [1.165, 1.54) is 0 Å². The van der Waals surface area contributed by atoms with E-state index in [-0.39, 0.29) is 22.8 Å². The molecule has 1 fully saturated rings. The summed E-state index contributed by atoms with van der Waals surface area (Å²) in [5.41, 5.74) is 0. The van der Waals surface area contributed by atoms with Gasteiger partial charge in [0.25, 0.3) is 0 Å². The average molecular weight is 233 g/mol. The molecule has 1 aliphatic rings. The first-order valence-corrected chi connectivity index (χ1v) is 6.83. The van der Waals surface area contributed by atoms with Gasteiger partial charge in [-0.05, 0) is 46.0 Å². The van der Waals surface area contributed by atoms with Gasteiger partial charge in [-0.2, -0.15) is 0 Å². The second-order valence-electron chi connectivity index (χ2n) is 5.46. The minimum atomic E-state index is -1.03. The molecule has 1 saturated carbocycles. The highest BCUT2D eigenvalue weighted by Gasteiger charge is 2.31. The van der Waals surface area contributed by atoms with Gasteiger partial charge in [-0.15, -0.1) is 0 Å². The van der Waals surface area contributed by atoms with Crippen molar-refractivity contribution in [3.63, 3.8) is 0 Å². The Labute approximate surface area is 95.2 Å². The molecule has 0 radical (unpaired) electrons. The number of hydrogen-bond donors (Lipinski definition) is 2. The standard InChI is InChI=1S/C11H23NO2S/c1-8-9(6-5-7-10(8)13)12-15(14)11(2,3)4/h8-10,12-13H,5-7H2,1-4H3/t8-,9-,10-,15?/m0/s1. The molecule has 4 heteroatoms. The summed E-state index contributed by atoms with van der Waals surface area (Å²) in [6, 6.07) is 0.189. The summed E-state index contributed by atoms with van der Waals surface area (Å²) >= 11 is 0. The molecule has 0 bridgehead atoms. The van der Waals surface area contributed by atoms with E-state index in [4.69, 9.17) is 0 Å². The molecule has 15 heavy (non-hydrogen) atoms. The fraction of sp³-hybridized carbons (Fsp3) is 1.00. The van der Waals surface area contributed by atoms with Gasteiger partial charge in [0.2, 0.25) is 0 Å². The highest BCUT2D eigenvalue weighted by Crippen LogP contribution is 2.25. The Balaban J connectivity index is 2.54. The second-order valence-corrected chi connectivity index (χ2v) is 7.46. The molecule has 1 unspecified atom stereocenters. The van der Waals surface area contributed by atoms with Crippen LogP contribution in [0, 0.1) is 5.92 Å². The summed E-state index contributed by atoms with van der Waals surface area (Å²) in [7, 11) is -1.03. The van der Waals surface area contributed by atoms with Crippen LogP contribution in [0.15, 0.2) is 0 Å². The van der Waals surface area contributed by atoms with Crippen molar-refractivity contribution in [2.45, 2.75) is 63.9 Å². The molecule has 0 aromatic heterocycles. The van der Waals surface area contributed by atoms with E-state index >= 15 is 0 Å². The minimum absolute atomic E-state index is 0.189. The Kier molecular flexibility index (Phi) is 4.32. The van der Waals surface area contributed by atoms with Gasteiger partial charge >= 0.3 is 0 Å². The smallest absolute Gasteiger partial charge is 0.0972 e. The Morgan fingerprint density at radius 2 is 1.93 bits per heavy atom. The van der Waals surface area contributed by atoms with Crippen LogP contribution in [-0.2, 0) is 11.0 Å². The molecule has 1 aliphatic carbocycles. The zero-order valence-electron chi connectivity index (χ0n) is 10.1. The molecule has 0 spiro atoms. The molecule has 1 rings (SSSR count). The van der Waals surface area contributed by atoms with Gasteiger partial charge in [0.1, 0.15) is 0 Å². The first-order valence-electron chi connectivity index (χ1n) is 5.68. The van der Waals surface area contributed by atoms with Crippen molar-refractivity contribution in [1.29, 1.82) is 0 Å². The molecule has 2 N–H and O–H groups in total. The number of nitrogens with one attached hydrogen (secondary N) is 1. The fourth-order valence-electron chi connectivity index (χ4n) is 1.82. The Morgan fingerprint density at radius 3 is 2.47 bits per heavy atom. The monoisotopic (exact) mass is 233 g/mol. The van der Waals surface area contributed by atoms with Crippen LogP contribution >= 0.6 is 0 Å². The highest BCUT2D eigenvalue weighted by molar-refractivity contribution is 7.84. The first kappa shape index (κ1) is 13.1. The molecule has 0 saturated heterocycles. The van der Waals surface area contributed by atoms with E-state index in [0.717, 1.165) is 19.3 Å². The van der Waals surface area contributed by atoms with Crippen molar-refractivity contribution >= 4 is 11.0 Å².